The molecular formula is C12H17N3O. The Labute approximate surface area is 95.9 Å². The third kappa shape index (κ3) is 1.90. The molecule has 1 saturated carbocycles. The first-order chi connectivity index (χ1) is 7.74. The lowest BCUT2D eigenvalue weighted by Crippen LogP contribution is -2.46. The van der Waals surface area contributed by atoms with Crippen molar-refractivity contribution >= 4 is 11.9 Å². The van der Waals surface area contributed by atoms with E-state index < -0.39 is 0 Å². The topological polar surface area (TPSA) is 58.7 Å². The second-order valence-electron chi connectivity index (χ2n) is 4.49. The van der Waals surface area contributed by atoms with E-state index in [4.69, 9.17) is 12.2 Å². The van der Waals surface area contributed by atoms with Crippen LogP contribution in [0, 0.1) is 18.3 Å². The molecule has 4 nitrogen and oxygen atoms in total. The predicted molar refractivity (Wildman–Crippen MR) is 62.9 cm³/mol. The van der Waals surface area contributed by atoms with E-state index in [9.17, 15) is 4.79 Å². The molecule has 2 N–H and O–H groups in total. The Hall–Kier alpha value is -1.50. The van der Waals surface area contributed by atoms with Crippen LogP contribution in [0.25, 0.3) is 0 Å². The molecule has 2 rings (SSSR count). The van der Waals surface area contributed by atoms with Gasteiger partial charge in [0.15, 0.2) is 0 Å². The summed E-state index contributed by atoms with van der Waals surface area (Å²) in [6, 6.07) is -0.324. The van der Waals surface area contributed by atoms with E-state index in [0.29, 0.717) is 18.3 Å². The minimum Gasteiger partial charge on any atom is -0.385 e. The Balaban J connectivity index is 2.13. The van der Waals surface area contributed by atoms with Crippen LogP contribution in [-0.2, 0) is 0 Å². The van der Waals surface area contributed by atoms with Crippen molar-refractivity contribution < 1.29 is 4.79 Å². The normalized spacial score (nSPS) is 26.7. The molecular weight excluding hydrogens is 202 g/mol. The van der Waals surface area contributed by atoms with Gasteiger partial charge in [-0.25, -0.2) is 4.79 Å². The van der Waals surface area contributed by atoms with Gasteiger partial charge in [-0.3, -0.25) is 0 Å². The first-order valence-electron chi connectivity index (χ1n) is 5.82. The zero-order chi connectivity index (χ0) is 11.5. The Morgan fingerprint density at radius 3 is 2.75 bits per heavy atom. The third-order valence-corrected chi connectivity index (χ3v) is 3.47. The van der Waals surface area contributed by atoms with Gasteiger partial charge in [0, 0.05) is 0 Å². The van der Waals surface area contributed by atoms with Crippen molar-refractivity contribution in [3.05, 3.63) is 0 Å². The van der Waals surface area contributed by atoms with Crippen LogP contribution < -0.4 is 5.73 Å². The van der Waals surface area contributed by atoms with Crippen LogP contribution in [0.4, 0.5) is 4.79 Å². The van der Waals surface area contributed by atoms with E-state index in [-0.39, 0.29) is 12.1 Å². The van der Waals surface area contributed by atoms with E-state index in [1.807, 2.05) is 0 Å². The molecule has 16 heavy (non-hydrogen) atoms. The first-order valence-corrected chi connectivity index (χ1v) is 5.82. The molecule has 0 saturated heterocycles. The molecule has 4 heteroatoms. The predicted octanol–water partition coefficient (Wildman–Crippen LogP) is 1.36. The standard InChI is InChI=1S/C12H17N3O/c1-2-8-15-10(11(13)14-12(15)16)9-6-4-3-5-7-9/h1,9-10H,3-8H2,(H2,13,14,16). The van der Waals surface area contributed by atoms with Gasteiger partial charge >= 0.3 is 6.03 Å². The molecule has 1 aliphatic heterocycles. The van der Waals surface area contributed by atoms with E-state index in [1.54, 1.807) is 4.90 Å². The summed E-state index contributed by atoms with van der Waals surface area (Å²) in [6.07, 6.45) is 11.2. The van der Waals surface area contributed by atoms with E-state index in [1.165, 1.54) is 19.3 Å². The molecule has 1 heterocycles. The van der Waals surface area contributed by atoms with Crippen molar-refractivity contribution in [2.45, 2.75) is 38.1 Å². The Morgan fingerprint density at radius 1 is 1.44 bits per heavy atom. The molecule has 1 aliphatic carbocycles. The number of hydrogen-bond donors (Lipinski definition) is 1. The number of nitrogens with two attached hydrogens (primary N) is 1. The van der Waals surface area contributed by atoms with Gasteiger partial charge in [0.25, 0.3) is 0 Å². The highest BCUT2D eigenvalue weighted by Crippen LogP contribution is 2.31. The minimum absolute atomic E-state index is 0.0520. The van der Waals surface area contributed by atoms with Crippen LogP contribution in [-0.4, -0.2) is 29.4 Å². The molecule has 1 unspecified atom stereocenters. The maximum atomic E-state index is 11.6. The van der Waals surface area contributed by atoms with Gasteiger partial charge in [0.1, 0.15) is 5.84 Å². The number of rotatable bonds is 2. The zero-order valence-electron chi connectivity index (χ0n) is 9.35. The third-order valence-electron chi connectivity index (χ3n) is 3.47. The van der Waals surface area contributed by atoms with Crippen LogP contribution in [0.15, 0.2) is 4.99 Å². The van der Waals surface area contributed by atoms with Crippen molar-refractivity contribution in [3.8, 4) is 12.3 Å². The van der Waals surface area contributed by atoms with E-state index in [2.05, 4.69) is 10.9 Å². The van der Waals surface area contributed by atoms with E-state index in [0.717, 1.165) is 12.8 Å². The number of nitrogens with zero attached hydrogens (tertiary/aromatic N) is 2. The van der Waals surface area contributed by atoms with E-state index >= 15 is 0 Å². The largest absolute Gasteiger partial charge is 0.385 e. The molecule has 0 aromatic heterocycles. The SMILES string of the molecule is C#CCN1C(=O)N=C(N)C1C1CCCCC1. The van der Waals surface area contributed by atoms with Crippen LogP contribution in [0.2, 0.25) is 0 Å². The van der Waals surface area contributed by atoms with Crippen molar-refractivity contribution in [3.63, 3.8) is 0 Å². The summed E-state index contributed by atoms with van der Waals surface area (Å²) in [5.41, 5.74) is 5.84. The summed E-state index contributed by atoms with van der Waals surface area (Å²) >= 11 is 0. The maximum Gasteiger partial charge on any atom is 0.346 e. The fourth-order valence-electron chi connectivity index (χ4n) is 2.73. The van der Waals surface area contributed by atoms with Crippen molar-refractivity contribution in [2.24, 2.45) is 16.6 Å². The van der Waals surface area contributed by atoms with Gasteiger partial charge in [-0.1, -0.05) is 25.2 Å². The lowest BCUT2D eigenvalue weighted by molar-refractivity contribution is 0.185. The molecule has 86 valence electrons. The summed E-state index contributed by atoms with van der Waals surface area (Å²) < 4.78 is 0. The molecule has 0 aromatic carbocycles. The molecule has 2 aliphatic rings. The summed E-state index contributed by atoms with van der Waals surface area (Å²) in [6.45, 7) is 0.310. The highest BCUT2D eigenvalue weighted by molar-refractivity contribution is 6.03. The van der Waals surface area contributed by atoms with Gasteiger partial charge in [-0.2, -0.15) is 4.99 Å². The fourth-order valence-corrected chi connectivity index (χ4v) is 2.73. The van der Waals surface area contributed by atoms with Crippen molar-refractivity contribution in [1.29, 1.82) is 0 Å². The number of carbonyl (C=O) groups excluding carboxylic acids is 1. The summed E-state index contributed by atoms with van der Waals surface area (Å²) in [5, 5.41) is 0. The van der Waals surface area contributed by atoms with Crippen LogP contribution in [0.3, 0.4) is 0 Å². The molecule has 2 amide bonds. The molecule has 0 bridgehead atoms. The van der Waals surface area contributed by atoms with Crippen LogP contribution in [0.5, 0.6) is 0 Å². The Bertz CT molecular complexity index is 350. The molecule has 0 aromatic rings. The summed E-state index contributed by atoms with van der Waals surface area (Å²) in [7, 11) is 0. The van der Waals surface area contributed by atoms with Crippen molar-refractivity contribution in [1.82, 2.24) is 4.90 Å². The van der Waals surface area contributed by atoms with Gasteiger partial charge in [0.2, 0.25) is 0 Å². The fraction of sp³-hybridized carbons (Fsp3) is 0.667. The number of urea groups is 1. The zero-order valence-corrected chi connectivity index (χ0v) is 9.35. The molecule has 1 atom stereocenters. The van der Waals surface area contributed by atoms with Crippen molar-refractivity contribution in [2.75, 3.05) is 6.54 Å². The molecule has 0 radical (unpaired) electrons. The lowest BCUT2D eigenvalue weighted by atomic mass is 9.83. The lowest BCUT2D eigenvalue weighted by Gasteiger charge is -2.32. The number of carbonyl (C=O) groups is 1. The number of amides is 2. The second-order valence-corrected chi connectivity index (χ2v) is 4.49. The summed E-state index contributed by atoms with van der Waals surface area (Å²) in [4.78, 5) is 17.1. The minimum atomic E-state index is -0.272. The average molecular weight is 219 g/mol. The number of terminal acetylenes is 1. The number of hydrogen-bond acceptors (Lipinski definition) is 2. The smallest absolute Gasteiger partial charge is 0.346 e. The van der Waals surface area contributed by atoms with Gasteiger partial charge in [0.05, 0.1) is 12.6 Å². The highest BCUT2D eigenvalue weighted by atomic mass is 16.2. The number of amidine groups is 1. The first kappa shape index (κ1) is 11.0. The summed E-state index contributed by atoms with van der Waals surface area (Å²) in [5.74, 6) is 3.40. The maximum absolute atomic E-state index is 11.6. The Morgan fingerprint density at radius 2 is 2.12 bits per heavy atom. The Kier molecular flexibility index (Phi) is 3.14. The van der Waals surface area contributed by atoms with Gasteiger partial charge < -0.3 is 10.6 Å². The highest BCUT2D eigenvalue weighted by Gasteiger charge is 2.38. The number of aliphatic imine (C=N–C) groups is 1. The monoisotopic (exact) mass is 219 g/mol. The quantitative estimate of drug-likeness (QED) is 0.713. The average Bonchev–Trinajstić information content (AvgIpc) is 2.56. The van der Waals surface area contributed by atoms with Gasteiger partial charge in [-0.15, -0.1) is 6.42 Å². The molecule has 1 fully saturated rings. The van der Waals surface area contributed by atoms with Crippen LogP contribution >= 0.6 is 0 Å². The van der Waals surface area contributed by atoms with Gasteiger partial charge in [-0.05, 0) is 18.8 Å². The van der Waals surface area contributed by atoms with Crippen LogP contribution in [0.1, 0.15) is 32.1 Å². The molecule has 0 spiro atoms. The second kappa shape index (κ2) is 4.56.